The van der Waals surface area contributed by atoms with Gasteiger partial charge in [-0.3, -0.25) is 4.79 Å². The number of carbonyl (C=O) groups is 1. The Morgan fingerprint density at radius 3 is 2.69 bits per heavy atom. The van der Waals surface area contributed by atoms with Gasteiger partial charge in [0.1, 0.15) is 11.6 Å². The molecule has 0 aliphatic rings. The van der Waals surface area contributed by atoms with Crippen molar-refractivity contribution in [2.45, 2.75) is 6.54 Å². The molecule has 1 aromatic heterocycles. The van der Waals surface area contributed by atoms with Crippen molar-refractivity contribution in [3.05, 3.63) is 65.3 Å². The number of rotatable bonds is 6. The first-order valence-corrected chi connectivity index (χ1v) is 8.08. The fourth-order valence-electron chi connectivity index (χ4n) is 2.26. The van der Waals surface area contributed by atoms with Crippen molar-refractivity contribution < 1.29 is 18.3 Å². The number of aromatic nitrogens is 2. The number of likely N-dealkylation sites (N-methyl/N-ethyl adjacent to an activating group) is 1. The van der Waals surface area contributed by atoms with Gasteiger partial charge in [-0.15, -0.1) is 10.2 Å². The molecule has 0 saturated carbocycles. The van der Waals surface area contributed by atoms with Crippen molar-refractivity contribution in [2.75, 3.05) is 13.7 Å². The molecule has 1 amide bonds. The zero-order valence-electron chi connectivity index (χ0n) is 13.9. The fourth-order valence-corrected chi connectivity index (χ4v) is 2.48. The van der Waals surface area contributed by atoms with Crippen LogP contribution >= 0.6 is 11.6 Å². The molecule has 2 aromatic carbocycles. The van der Waals surface area contributed by atoms with E-state index in [-0.39, 0.29) is 29.6 Å². The van der Waals surface area contributed by atoms with Crippen molar-refractivity contribution in [1.29, 1.82) is 0 Å². The summed E-state index contributed by atoms with van der Waals surface area (Å²) in [6.45, 7) is -0.119. The first kappa shape index (κ1) is 17.9. The van der Waals surface area contributed by atoms with Crippen LogP contribution in [0.5, 0.6) is 5.75 Å². The van der Waals surface area contributed by atoms with Gasteiger partial charge in [-0.1, -0.05) is 17.7 Å². The molecule has 0 radical (unpaired) electrons. The highest BCUT2D eigenvalue weighted by Gasteiger charge is 2.15. The van der Waals surface area contributed by atoms with Gasteiger partial charge >= 0.3 is 0 Å². The Balaban J connectivity index is 1.56. The molecule has 0 bridgehead atoms. The highest BCUT2D eigenvalue weighted by Crippen LogP contribution is 2.21. The second-order valence-corrected chi connectivity index (χ2v) is 5.91. The Kier molecular flexibility index (Phi) is 5.48. The third kappa shape index (κ3) is 4.18. The summed E-state index contributed by atoms with van der Waals surface area (Å²) in [7, 11) is 1.56. The predicted molar refractivity (Wildman–Crippen MR) is 93.1 cm³/mol. The number of ether oxygens (including phenoxy) is 1. The molecule has 0 unspecified atom stereocenters. The average Bonchev–Trinajstić information content (AvgIpc) is 3.18. The molecular weight excluding hydrogens is 361 g/mol. The highest BCUT2D eigenvalue weighted by atomic mass is 35.5. The molecule has 0 aliphatic heterocycles. The monoisotopic (exact) mass is 375 g/mol. The SMILES string of the molecule is CN(Cc1c(F)cccc1Cl)C(=O)COc1ccc(-c2nnco2)cc1. The maximum atomic E-state index is 13.8. The van der Waals surface area contributed by atoms with Crippen LogP contribution in [0.15, 0.2) is 53.3 Å². The van der Waals surface area contributed by atoms with Gasteiger partial charge in [-0.2, -0.15) is 0 Å². The summed E-state index contributed by atoms with van der Waals surface area (Å²) in [4.78, 5) is 13.6. The lowest BCUT2D eigenvalue weighted by atomic mass is 10.2. The van der Waals surface area contributed by atoms with Gasteiger partial charge in [0.15, 0.2) is 6.61 Å². The molecule has 0 atom stereocenters. The Hall–Kier alpha value is -2.93. The molecule has 3 rings (SSSR count). The third-order valence-electron chi connectivity index (χ3n) is 3.71. The number of hydrogen-bond donors (Lipinski definition) is 0. The Morgan fingerprint density at radius 1 is 1.27 bits per heavy atom. The standard InChI is InChI=1S/C18H15ClFN3O3/c1-23(9-14-15(19)3-2-4-16(14)20)17(24)10-25-13-7-5-12(6-8-13)18-22-21-11-26-18/h2-8,11H,9-10H2,1H3. The van der Waals surface area contributed by atoms with Crippen LogP contribution in [0.2, 0.25) is 5.02 Å². The normalized spacial score (nSPS) is 10.6. The van der Waals surface area contributed by atoms with E-state index in [4.69, 9.17) is 20.8 Å². The van der Waals surface area contributed by atoms with Crippen molar-refractivity contribution >= 4 is 17.5 Å². The maximum Gasteiger partial charge on any atom is 0.260 e. The molecule has 0 saturated heterocycles. The van der Waals surface area contributed by atoms with Gasteiger partial charge in [0.05, 0.1) is 0 Å². The largest absolute Gasteiger partial charge is 0.484 e. The van der Waals surface area contributed by atoms with E-state index in [1.54, 1.807) is 37.4 Å². The van der Waals surface area contributed by atoms with E-state index in [2.05, 4.69) is 10.2 Å². The summed E-state index contributed by atoms with van der Waals surface area (Å²) >= 11 is 5.98. The molecular formula is C18H15ClFN3O3. The van der Waals surface area contributed by atoms with E-state index >= 15 is 0 Å². The van der Waals surface area contributed by atoms with Crippen molar-refractivity contribution in [3.8, 4) is 17.2 Å². The lowest BCUT2D eigenvalue weighted by molar-refractivity contribution is -0.132. The minimum atomic E-state index is -0.449. The quantitative estimate of drug-likeness (QED) is 0.658. The van der Waals surface area contributed by atoms with Crippen molar-refractivity contribution in [2.24, 2.45) is 0 Å². The smallest absolute Gasteiger partial charge is 0.260 e. The zero-order chi connectivity index (χ0) is 18.5. The Morgan fingerprint density at radius 2 is 2.04 bits per heavy atom. The number of amides is 1. The maximum absolute atomic E-state index is 13.8. The predicted octanol–water partition coefficient (Wildman–Crippen LogP) is 3.57. The molecule has 0 N–H and O–H groups in total. The van der Waals surface area contributed by atoms with Gasteiger partial charge in [-0.25, -0.2) is 4.39 Å². The van der Waals surface area contributed by atoms with Crippen LogP contribution in [0.1, 0.15) is 5.56 Å². The van der Waals surface area contributed by atoms with Crippen molar-refractivity contribution in [1.82, 2.24) is 15.1 Å². The fraction of sp³-hybridized carbons (Fsp3) is 0.167. The van der Waals surface area contributed by atoms with Gasteiger partial charge in [0.2, 0.25) is 12.3 Å². The van der Waals surface area contributed by atoms with Gasteiger partial charge < -0.3 is 14.1 Å². The lowest BCUT2D eigenvalue weighted by Crippen LogP contribution is -2.31. The van der Waals surface area contributed by atoms with E-state index in [9.17, 15) is 9.18 Å². The van der Waals surface area contributed by atoms with E-state index in [0.29, 0.717) is 11.6 Å². The number of carbonyl (C=O) groups excluding carboxylic acids is 1. The Bertz CT molecular complexity index is 865. The first-order valence-electron chi connectivity index (χ1n) is 7.71. The van der Waals surface area contributed by atoms with E-state index in [1.165, 1.54) is 23.4 Å². The minimum Gasteiger partial charge on any atom is -0.484 e. The molecule has 0 fully saturated rings. The second kappa shape index (κ2) is 7.97. The molecule has 8 heteroatoms. The van der Waals surface area contributed by atoms with Crippen LogP contribution in [-0.2, 0) is 11.3 Å². The summed E-state index contributed by atoms with van der Waals surface area (Å²) < 4.78 is 24.4. The van der Waals surface area contributed by atoms with Crippen molar-refractivity contribution in [3.63, 3.8) is 0 Å². The molecule has 1 heterocycles. The summed E-state index contributed by atoms with van der Waals surface area (Å²) in [5.41, 5.74) is 1.02. The highest BCUT2D eigenvalue weighted by molar-refractivity contribution is 6.31. The van der Waals surface area contributed by atoms with E-state index in [0.717, 1.165) is 5.56 Å². The molecule has 3 aromatic rings. The molecule has 0 spiro atoms. The summed E-state index contributed by atoms with van der Waals surface area (Å²) in [6, 6.07) is 11.3. The van der Waals surface area contributed by atoms with Crippen LogP contribution in [0.3, 0.4) is 0 Å². The number of halogens is 2. The van der Waals surface area contributed by atoms with Gasteiger partial charge in [0, 0.05) is 29.7 Å². The van der Waals surface area contributed by atoms with Crippen LogP contribution in [0.25, 0.3) is 11.5 Å². The summed E-state index contributed by atoms with van der Waals surface area (Å²) in [5.74, 6) is 0.160. The number of benzene rings is 2. The molecule has 26 heavy (non-hydrogen) atoms. The Labute approximate surface area is 154 Å². The molecule has 134 valence electrons. The summed E-state index contributed by atoms with van der Waals surface area (Å²) in [5, 5.41) is 7.70. The molecule has 6 nitrogen and oxygen atoms in total. The topological polar surface area (TPSA) is 68.5 Å². The van der Waals surface area contributed by atoms with Crippen LogP contribution in [-0.4, -0.2) is 34.7 Å². The van der Waals surface area contributed by atoms with Crippen LogP contribution in [0.4, 0.5) is 4.39 Å². The van der Waals surface area contributed by atoms with E-state index in [1.807, 2.05) is 0 Å². The van der Waals surface area contributed by atoms with Gasteiger partial charge in [-0.05, 0) is 36.4 Å². The number of hydrogen-bond acceptors (Lipinski definition) is 5. The minimum absolute atomic E-state index is 0.0593. The average molecular weight is 376 g/mol. The van der Waals surface area contributed by atoms with Crippen LogP contribution in [0, 0.1) is 5.82 Å². The zero-order valence-corrected chi connectivity index (χ0v) is 14.6. The van der Waals surface area contributed by atoms with E-state index < -0.39 is 5.82 Å². The first-order chi connectivity index (χ1) is 12.5. The third-order valence-corrected chi connectivity index (χ3v) is 4.06. The second-order valence-electron chi connectivity index (χ2n) is 5.51. The summed E-state index contributed by atoms with van der Waals surface area (Å²) in [6.07, 6.45) is 1.25. The molecule has 0 aliphatic carbocycles. The number of nitrogens with zero attached hydrogens (tertiary/aromatic N) is 3. The lowest BCUT2D eigenvalue weighted by Gasteiger charge is -2.18. The van der Waals surface area contributed by atoms with Gasteiger partial charge in [0.25, 0.3) is 5.91 Å². The van der Waals surface area contributed by atoms with Crippen LogP contribution < -0.4 is 4.74 Å².